The summed E-state index contributed by atoms with van der Waals surface area (Å²) in [6, 6.07) is 5.77. The number of aryl methyl sites for hydroxylation is 2. The van der Waals surface area contributed by atoms with Gasteiger partial charge in [0, 0.05) is 24.2 Å². The molecule has 6 heteroatoms. The average Bonchev–Trinajstić information content (AvgIpc) is 3.11. The van der Waals surface area contributed by atoms with E-state index in [-0.39, 0.29) is 12.7 Å². The predicted molar refractivity (Wildman–Crippen MR) is 76.1 cm³/mol. The Bertz CT molecular complexity index is 651. The molecule has 0 saturated heterocycles. The van der Waals surface area contributed by atoms with E-state index in [9.17, 15) is 4.79 Å². The zero-order valence-electron chi connectivity index (χ0n) is 11.8. The summed E-state index contributed by atoms with van der Waals surface area (Å²) in [4.78, 5) is 11.9. The first-order valence-electron chi connectivity index (χ1n) is 6.86. The van der Waals surface area contributed by atoms with E-state index in [1.165, 1.54) is 0 Å². The average molecular weight is 287 g/mol. The van der Waals surface area contributed by atoms with Crippen molar-refractivity contribution >= 4 is 5.91 Å². The maximum absolute atomic E-state index is 11.9. The Hall–Kier alpha value is -2.50. The third-order valence-corrected chi connectivity index (χ3v) is 3.49. The topological polar surface area (TPSA) is 76.2 Å². The van der Waals surface area contributed by atoms with Gasteiger partial charge in [-0.3, -0.25) is 9.89 Å². The van der Waals surface area contributed by atoms with Gasteiger partial charge in [-0.25, -0.2) is 0 Å². The molecule has 1 aliphatic rings. The summed E-state index contributed by atoms with van der Waals surface area (Å²) in [6.45, 7) is 2.70. The summed E-state index contributed by atoms with van der Waals surface area (Å²) in [5.41, 5.74) is 3.05. The molecule has 21 heavy (non-hydrogen) atoms. The summed E-state index contributed by atoms with van der Waals surface area (Å²) in [5.74, 6) is 1.54. The first-order valence-corrected chi connectivity index (χ1v) is 6.86. The standard InChI is InChI=1S/C15H17N3O3/c1-10-12(8-17-18-10)7-16-15(19)5-3-11-2-4-13-14(6-11)21-9-20-13/h2,4,6,8H,3,5,7,9H2,1H3,(H,16,19)(H,17,18). The first-order chi connectivity index (χ1) is 10.2. The number of carbonyl (C=O) groups excluding carboxylic acids is 1. The Morgan fingerprint density at radius 3 is 3.05 bits per heavy atom. The van der Waals surface area contributed by atoms with Gasteiger partial charge in [-0.05, 0) is 31.0 Å². The lowest BCUT2D eigenvalue weighted by Gasteiger charge is -2.05. The number of fused-ring (bicyclic) bond motifs is 1. The van der Waals surface area contributed by atoms with Crippen molar-refractivity contribution < 1.29 is 14.3 Å². The normalized spacial score (nSPS) is 12.4. The molecule has 2 heterocycles. The maximum atomic E-state index is 11.9. The van der Waals surface area contributed by atoms with E-state index in [4.69, 9.17) is 9.47 Å². The quantitative estimate of drug-likeness (QED) is 0.877. The predicted octanol–water partition coefficient (Wildman–Crippen LogP) is 1.70. The summed E-state index contributed by atoms with van der Waals surface area (Å²) in [6.07, 6.45) is 2.84. The number of hydrogen-bond acceptors (Lipinski definition) is 4. The van der Waals surface area contributed by atoms with Crippen LogP contribution in [0.25, 0.3) is 0 Å². The number of H-pyrrole nitrogens is 1. The van der Waals surface area contributed by atoms with Crippen LogP contribution in [0.3, 0.4) is 0 Å². The zero-order chi connectivity index (χ0) is 14.7. The van der Waals surface area contributed by atoms with E-state index in [0.29, 0.717) is 19.4 Å². The SMILES string of the molecule is Cc1[nH]ncc1CNC(=O)CCc1ccc2c(c1)OCO2. The Morgan fingerprint density at radius 2 is 2.24 bits per heavy atom. The van der Waals surface area contributed by atoms with Gasteiger partial charge in [-0.2, -0.15) is 5.10 Å². The molecular weight excluding hydrogens is 270 g/mol. The number of aromatic amines is 1. The summed E-state index contributed by atoms with van der Waals surface area (Å²) >= 11 is 0. The van der Waals surface area contributed by atoms with Crippen LogP contribution in [-0.4, -0.2) is 22.9 Å². The number of hydrogen-bond donors (Lipinski definition) is 2. The van der Waals surface area contributed by atoms with Crippen LogP contribution in [0.2, 0.25) is 0 Å². The van der Waals surface area contributed by atoms with E-state index < -0.39 is 0 Å². The van der Waals surface area contributed by atoms with Crippen molar-refractivity contribution in [2.45, 2.75) is 26.3 Å². The molecule has 2 aromatic rings. The molecule has 0 bridgehead atoms. The van der Waals surface area contributed by atoms with Gasteiger partial charge in [-0.15, -0.1) is 0 Å². The van der Waals surface area contributed by atoms with Gasteiger partial charge in [0.2, 0.25) is 12.7 Å². The van der Waals surface area contributed by atoms with Crippen LogP contribution in [-0.2, 0) is 17.8 Å². The molecule has 6 nitrogen and oxygen atoms in total. The summed E-state index contributed by atoms with van der Waals surface area (Å²) in [5, 5.41) is 9.67. The molecule has 3 rings (SSSR count). The maximum Gasteiger partial charge on any atom is 0.231 e. The van der Waals surface area contributed by atoms with E-state index in [1.807, 2.05) is 25.1 Å². The Morgan fingerprint density at radius 1 is 1.38 bits per heavy atom. The number of nitrogens with zero attached hydrogens (tertiary/aromatic N) is 1. The highest BCUT2D eigenvalue weighted by Crippen LogP contribution is 2.32. The molecule has 0 fully saturated rings. The van der Waals surface area contributed by atoms with Gasteiger partial charge in [0.05, 0.1) is 6.20 Å². The van der Waals surface area contributed by atoms with Gasteiger partial charge in [0.1, 0.15) is 0 Å². The molecule has 1 amide bonds. The summed E-state index contributed by atoms with van der Waals surface area (Å²) < 4.78 is 10.6. The highest BCUT2D eigenvalue weighted by atomic mass is 16.7. The van der Waals surface area contributed by atoms with E-state index in [2.05, 4.69) is 15.5 Å². The highest BCUT2D eigenvalue weighted by molar-refractivity contribution is 5.76. The van der Waals surface area contributed by atoms with Crippen LogP contribution in [0.1, 0.15) is 23.2 Å². The smallest absolute Gasteiger partial charge is 0.231 e. The Labute approximate surface area is 122 Å². The van der Waals surface area contributed by atoms with Crippen LogP contribution in [0.4, 0.5) is 0 Å². The van der Waals surface area contributed by atoms with Crippen molar-refractivity contribution in [2.24, 2.45) is 0 Å². The minimum atomic E-state index is 0.0215. The molecule has 0 spiro atoms. The fourth-order valence-electron chi connectivity index (χ4n) is 2.19. The number of rotatable bonds is 5. The third-order valence-electron chi connectivity index (χ3n) is 3.49. The molecule has 1 aromatic carbocycles. The van der Waals surface area contributed by atoms with Crippen molar-refractivity contribution in [3.05, 3.63) is 41.2 Å². The number of benzene rings is 1. The van der Waals surface area contributed by atoms with Crippen molar-refractivity contribution in [3.63, 3.8) is 0 Å². The number of nitrogens with one attached hydrogen (secondary N) is 2. The molecule has 0 saturated carbocycles. The van der Waals surface area contributed by atoms with Crippen molar-refractivity contribution in [2.75, 3.05) is 6.79 Å². The van der Waals surface area contributed by atoms with E-state index >= 15 is 0 Å². The van der Waals surface area contributed by atoms with Crippen molar-refractivity contribution in [1.29, 1.82) is 0 Å². The molecule has 0 aliphatic carbocycles. The molecular formula is C15H17N3O3. The number of carbonyl (C=O) groups is 1. The Balaban J connectivity index is 1.48. The van der Waals surface area contributed by atoms with Gasteiger partial charge in [-0.1, -0.05) is 6.07 Å². The Kier molecular flexibility index (Phi) is 3.77. The minimum absolute atomic E-state index is 0.0215. The summed E-state index contributed by atoms with van der Waals surface area (Å²) in [7, 11) is 0. The molecule has 2 N–H and O–H groups in total. The van der Waals surface area contributed by atoms with Crippen LogP contribution >= 0.6 is 0 Å². The molecule has 0 unspecified atom stereocenters. The van der Waals surface area contributed by atoms with Gasteiger partial charge in [0.15, 0.2) is 11.5 Å². The lowest BCUT2D eigenvalue weighted by Crippen LogP contribution is -2.23. The number of aromatic nitrogens is 2. The largest absolute Gasteiger partial charge is 0.454 e. The van der Waals surface area contributed by atoms with E-state index in [0.717, 1.165) is 28.3 Å². The van der Waals surface area contributed by atoms with Crippen LogP contribution in [0, 0.1) is 6.92 Å². The van der Waals surface area contributed by atoms with Gasteiger partial charge in [0.25, 0.3) is 0 Å². The monoisotopic (exact) mass is 287 g/mol. The third kappa shape index (κ3) is 3.16. The molecule has 110 valence electrons. The van der Waals surface area contributed by atoms with Crippen LogP contribution < -0.4 is 14.8 Å². The molecule has 0 atom stereocenters. The molecule has 1 aliphatic heterocycles. The van der Waals surface area contributed by atoms with Crippen LogP contribution in [0.15, 0.2) is 24.4 Å². The number of ether oxygens (including phenoxy) is 2. The first kappa shape index (κ1) is 13.5. The van der Waals surface area contributed by atoms with Crippen LogP contribution in [0.5, 0.6) is 11.5 Å². The fraction of sp³-hybridized carbons (Fsp3) is 0.333. The van der Waals surface area contributed by atoms with E-state index in [1.54, 1.807) is 6.20 Å². The second-order valence-corrected chi connectivity index (χ2v) is 4.98. The highest BCUT2D eigenvalue weighted by Gasteiger charge is 2.13. The lowest BCUT2D eigenvalue weighted by atomic mass is 10.1. The van der Waals surface area contributed by atoms with Gasteiger partial charge >= 0.3 is 0 Å². The lowest BCUT2D eigenvalue weighted by molar-refractivity contribution is -0.121. The fourth-order valence-corrected chi connectivity index (χ4v) is 2.19. The van der Waals surface area contributed by atoms with Gasteiger partial charge < -0.3 is 14.8 Å². The minimum Gasteiger partial charge on any atom is -0.454 e. The number of amides is 1. The second-order valence-electron chi connectivity index (χ2n) is 4.98. The van der Waals surface area contributed by atoms with Crippen molar-refractivity contribution in [3.8, 4) is 11.5 Å². The second kappa shape index (κ2) is 5.87. The molecule has 1 aromatic heterocycles. The molecule has 0 radical (unpaired) electrons. The zero-order valence-corrected chi connectivity index (χ0v) is 11.8. The van der Waals surface area contributed by atoms with Crippen molar-refractivity contribution in [1.82, 2.24) is 15.5 Å².